The van der Waals surface area contributed by atoms with Crippen LogP contribution in [0.3, 0.4) is 0 Å². The molecule has 8 heteroatoms. The number of hydrogen-bond acceptors (Lipinski definition) is 6. The highest BCUT2D eigenvalue weighted by molar-refractivity contribution is 7.07. The maximum atomic E-state index is 13.4. The minimum Gasteiger partial charge on any atom is -0.466 e. The first-order valence-electron chi connectivity index (χ1n) is 9.22. The normalized spacial score (nSPS) is 16.5. The van der Waals surface area contributed by atoms with Gasteiger partial charge in [-0.2, -0.15) is 5.10 Å². The van der Waals surface area contributed by atoms with Gasteiger partial charge in [0.05, 0.1) is 34.6 Å². The summed E-state index contributed by atoms with van der Waals surface area (Å²) in [6.07, 6.45) is 3.53. The number of benzene rings is 1. The first-order chi connectivity index (χ1) is 14.0. The summed E-state index contributed by atoms with van der Waals surface area (Å²) in [4.78, 5) is 31.0. The summed E-state index contributed by atoms with van der Waals surface area (Å²) in [5.41, 5.74) is 2.40. The fraction of sp³-hybridized carbons (Fsp3) is 0.238. The molecule has 1 atom stereocenters. The van der Waals surface area contributed by atoms with E-state index in [1.54, 1.807) is 17.7 Å². The number of aromatic nitrogens is 3. The number of aryl methyl sites for hydroxylation is 1. The Bertz CT molecular complexity index is 1280. The molecule has 1 aliphatic heterocycles. The van der Waals surface area contributed by atoms with Gasteiger partial charge in [-0.15, -0.1) is 0 Å². The summed E-state index contributed by atoms with van der Waals surface area (Å²) in [5.74, 6) is -0.488. The van der Waals surface area contributed by atoms with Crippen LogP contribution in [0.2, 0.25) is 0 Å². The molecule has 0 radical (unpaired) electrons. The first-order valence-corrected chi connectivity index (χ1v) is 10.0. The van der Waals surface area contributed by atoms with E-state index in [2.05, 4.69) is 10.1 Å². The summed E-state index contributed by atoms with van der Waals surface area (Å²) in [6, 6.07) is 10.7. The number of carbonyl (C=O) groups is 1. The van der Waals surface area contributed by atoms with Crippen molar-refractivity contribution < 1.29 is 9.53 Å². The van der Waals surface area contributed by atoms with Gasteiger partial charge in [0.2, 0.25) is 0 Å². The standard InChI is InChI=1S/C21H20N4O3S/c1-4-24-15(10-11-22-24)12-16-19(26)25-18(14-8-6-5-7-9-14)17(20(27)28-3)13(2)23-21(25)29-16/h5-12,18H,4H2,1-3H3/b16-12+/t18-/m1/s1. The maximum Gasteiger partial charge on any atom is 0.338 e. The van der Waals surface area contributed by atoms with E-state index in [1.807, 2.05) is 54.1 Å². The minimum atomic E-state index is -0.585. The highest BCUT2D eigenvalue weighted by Gasteiger charge is 2.32. The number of carbonyl (C=O) groups excluding carboxylic acids is 1. The molecule has 3 heterocycles. The van der Waals surface area contributed by atoms with Gasteiger partial charge in [-0.25, -0.2) is 9.79 Å². The van der Waals surface area contributed by atoms with Crippen LogP contribution in [0.5, 0.6) is 0 Å². The molecule has 2 aromatic heterocycles. The van der Waals surface area contributed by atoms with Crippen LogP contribution in [0.1, 0.15) is 31.1 Å². The Morgan fingerprint density at radius 3 is 2.72 bits per heavy atom. The molecule has 29 heavy (non-hydrogen) atoms. The van der Waals surface area contributed by atoms with Crippen LogP contribution >= 0.6 is 11.3 Å². The van der Waals surface area contributed by atoms with Gasteiger partial charge < -0.3 is 4.74 Å². The molecule has 0 saturated heterocycles. The van der Waals surface area contributed by atoms with Gasteiger partial charge in [0.1, 0.15) is 0 Å². The lowest BCUT2D eigenvalue weighted by molar-refractivity contribution is -0.136. The van der Waals surface area contributed by atoms with Gasteiger partial charge in [-0.05, 0) is 31.6 Å². The van der Waals surface area contributed by atoms with E-state index in [4.69, 9.17) is 4.74 Å². The number of thiazole rings is 1. The van der Waals surface area contributed by atoms with Crippen molar-refractivity contribution in [1.29, 1.82) is 0 Å². The van der Waals surface area contributed by atoms with Crippen LogP contribution in [0.25, 0.3) is 6.08 Å². The average Bonchev–Trinajstić information content (AvgIpc) is 3.31. The van der Waals surface area contributed by atoms with E-state index in [0.717, 1.165) is 11.3 Å². The predicted molar refractivity (Wildman–Crippen MR) is 110 cm³/mol. The zero-order chi connectivity index (χ0) is 20.5. The molecule has 1 aliphatic rings. The van der Waals surface area contributed by atoms with Crippen molar-refractivity contribution in [3.8, 4) is 0 Å². The average molecular weight is 408 g/mol. The van der Waals surface area contributed by atoms with Crippen LogP contribution in [0.15, 0.2) is 63.7 Å². The summed E-state index contributed by atoms with van der Waals surface area (Å²) in [7, 11) is 1.34. The number of nitrogens with zero attached hydrogens (tertiary/aromatic N) is 4. The van der Waals surface area contributed by atoms with E-state index in [1.165, 1.54) is 18.4 Å². The van der Waals surface area contributed by atoms with Gasteiger partial charge in [0.15, 0.2) is 4.80 Å². The first kappa shape index (κ1) is 19.1. The Balaban J connectivity index is 1.98. The monoisotopic (exact) mass is 408 g/mol. The molecule has 0 aliphatic carbocycles. The van der Waals surface area contributed by atoms with Gasteiger partial charge in [-0.3, -0.25) is 14.0 Å². The molecular formula is C21H20N4O3S. The lowest BCUT2D eigenvalue weighted by Gasteiger charge is -2.24. The lowest BCUT2D eigenvalue weighted by Crippen LogP contribution is -2.39. The minimum absolute atomic E-state index is 0.194. The molecule has 0 amide bonds. The van der Waals surface area contributed by atoms with Crippen LogP contribution in [-0.4, -0.2) is 27.4 Å². The smallest absolute Gasteiger partial charge is 0.338 e. The zero-order valence-corrected chi connectivity index (χ0v) is 17.1. The fourth-order valence-electron chi connectivity index (χ4n) is 3.51. The van der Waals surface area contributed by atoms with Crippen LogP contribution in [0, 0.1) is 0 Å². The Labute approximate surface area is 170 Å². The highest BCUT2D eigenvalue weighted by atomic mass is 32.1. The van der Waals surface area contributed by atoms with Gasteiger partial charge in [0.25, 0.3) is 5.56 Å². The SMILES string of the molecule is CCn1nccc1/C=c1/sc2n(c1=O)[C@H](c1ccccc1)C(C(=O)OC)=C(C)N=2. The van der Waals surface area contributed by atoms with Crippen molar-refractivity contribution in [3.05, 3.63) is 84.8 Å². The van der Waals surface area contributed by atoms with Gasteiger partial charge >= 0.3 is 5.97 Å². The van der Waals surface area contributed by atoms with Crippen molar-refractivity contribution in [2.45, 2.75) is 26.4 Å². The molecule has 0 fully saturated rings. The second kappa shape index (κ2) is 7.63. The van der Waals surface area contributed by atoms with Crippen molar-refractivity contribution in [2.75, 3.05) is 7.11 Å². The van der Waals surface area contributed by atoms with Gasteiger partial charge in [0, 0.05) is 12.7 Å². The third-order valence-corrected chi connectivity index (χ3v) is 5.85. The predicted octanol–water partition coefficient (Wildman–Crippen LogP) is 1.62. The molecule has 7 nitrogen and oxygen atoms in total. The molecule has 0 saturated carbocycles. The van der Waals surface area contributed by atoms with Crippen molar-refractivity contribution in [1.82, 2.24) is 14.3 Å². The molecule has 148 valence electrons. The quantitative estimate of drug-likeness (QED) is 0.615. The van der Waals surface area contributed by atoms with Crippen molar-refractivity contribution >= 4 is 23.4 Å². The summed E-state index contributed by atoms with van der Waals surface area (Å²) in [6.45, 7) is 4.47. The van der Waals surface area contributed by atoms with E-state index >= 15 is 0 Å². The second-order valence-electron chi connectivity index (χ2n) is 6.56. The Morgan fingerprint density at radius 2 is 2.03 bits per heavy atom. The largest absolute Gasteiger partial charge is 0.466 e. The summed E-state index contributed by atoms with van der Waals surface area (Å²) in [5, 5.41) is 4.25. The fourth-order valence-corrected chi connectivity index (χ4v) is 4.54. The number of fused-ring (bicyclic) bond motifs is 1. The van der Waals surface area contributed by atoms with Crippen LogP contribution < -0.4 is 14.9 Å². The molecular weight excluding hydrogens is 388 g/mol. The summed E-state index contributed by atoms with van der Waals surface area (Å²) >= 11 is 1.30. The van der Waals surface area contributed by atoms with Crippen molar-refractivity contribution in [3.63, 3.8) is 0 Å². The molecule has 0 bridgehead atoms. The Hall–Kier alpha value is -3.26. The van der Waals surface area contributed by atoms with E-state index in [9.17, 15) is 9.59 Å². The van der Waals surface area contributed by atoms with Crippen LogP contribution in [-0.2, 0) is 16.1 Å². The van der Waals surface area contributed by atoms with E-state index in [-0.39, 0.29) is 5.56 Å². The third-order valence-electron chi connectivity index (χ3n) is 4.87. The molecule has 0 spiro atoms. The lowest BCUT2D eigenvalue weighted by atomic mass is 9.96. The number of rotatable bonds is 4. The number of esters is 1. The second-order valence-corrected chi connectivity index (χ2v) is 7.57. The number of hydrogen-bond donors (Lipinski definition) is 0. The number of allylic oxidation sites excluding steroid dienone is 1. The molecule has 0 N–H and O–H groups in total. The van der Waals surface area contributed by atoms with E-state index < -0.39 is 12.0 Å². The third kappa shape index (κ3) is 3.25. The maximum absolute atomic E-state index is 13.4. The van der Waals surface area contributed by atoms with Gasteiger partial charge in [-0.1, -0.05) is 41.7 Å². The zero-order valence-electron chi connectivity index (χ0n) is 16.3. The number of ether oxygens (including phenoxy) is 1. The Kier molecular flexibility index (Phi) is 5.02. The topological polar surface area (TPSA) is 78.5 Å². The number of methoxy groups -OCH3 is 1. The summed E-state index contributed by atoms with van der Waals surface area (Å²) < 4.78 is 8.94. The highest BCUT2D eigenvalue weighted by Crippen LogP contribution is 2.30. The molecule has 0 unspecified atom stereocenters. The Morgan fingerprint density at radius 1 is 1.28 bits per heavy atom. The van der Waals surface area contributed by atoms with E-state index in [0.29, 0.717) is 27.1 Å². The van der Waals surface area contributed by atoms with Crippen molar-refractivity contribution in [2.24, 2.45) is 4.99 Å². The molecule has 1 aromatic carbocycles. The molecule has 3 aromatic rings. The molecule has 4 rings (SSSR count). The van der Waals surface area contributed by atoms with Crippen LogP contribution in [0.4, 0.5) is 0 Å².